The lowest BCUT2D eigenvalue weighted by Crippen LogP contribution is -2.45. The molecule has 0 spiro atoms. The van der Waals surface area contributed by atoms with Crippen molar-refractivity contribution in [2.45, 2.75) is 19.9 Å². The van der Waals surface area contributed by atoms with Gasteiger partial charge in [-0.3, -0.25) is 4.79 Å². The molecule has 2 rings (SSSR count). The molecule has 0 aliphatic carbocycles. The van der Waals surface area contributed by atoms with E-state index in [4.69, 9.17) is 0 Å². The normalized spacial score (nSPS) is 10.2. The van der Waals surface area contributed by atoms with Gasteiger partial charge in [-0.2, -0.15) is 4.57 Å². The molecule has 0 atom stereocenters. The molecule has 0 saturated carbocycles. The van der Waals surface area contributed by atoms with Gasteiger partial charge in [0.15, 0.2) is 11.9 Å². The number of hydrogen-bond donors (Lipinski definition) is 1. The van der Waals surface area contributed by atoms with Gasteiger partial charge in [0.2, 0.25) is 6.54 Å². The number of carbonyl (C=O) groups is 1. The van der Waals surface area contributed by atoms with Gasteiger partial charge in [0.1, 0.15) is 0 Å². The topological polar surface area (TPSA) is 33.0 Å². The fourth-order valence-corrected chi connectivity index (χ4v) is 1.94. The van der Waals surface area contributed by atoms with E-state index in [0.29, 0.717) is 13.1 Å². The summed E-state index contributed by atoms with van der Waals surface area (Å²) in [6.45, 7) is 3.05. The Bertz CT molecular complexity index is 537. The van der Waals surface area contributed by atoms with Gasteiger partial charge < -0.3 is 5.32 Å². The summed E-state index contributed by atoms with van der Waals surface area (Å²) in [5.41, 5.74) is 2.33. The number of rotatable bonds is 5. The van der Waals surface area contributed by atoms with Crippen molar-refractivity contribution >= 4 is 5.91 Å². The van der Waals surface area contributed by atoms with E-state index in [0.717, 1.165) is 12.1 Å². The van der Waals surface area contributed by atoms with Gasteiger partial charge in [-0.25, -0.2) is 0 Å². The third-order valence-corrected chi connectivity index (χ3v) is 3.06. The molecule has 2 aromatic rings. The summed E-state index contributed by atoms with van der Waals surface area (Å²) < 4.78 is 1.94. The summed E-state index contributed by atoms with van der Waals surface area (Å²) in [5, 5.41) is 2.95. The highest BCUT2D eigenvalue weighted by Gasteiger charge is 2.10. The lowest BCUT2D eigenvalue weighted by molar-refractivity contribution is -0.690. The second-order valence-corrected chi connectivity index (χ2v) is 4.56. The minimum atomic E-state index is 0.0511. The average molecular weight is 255 g/mol. The Morgan fingerprint density at radius 3 is 2.58 bits per heavy atom. The van der Waals surface area contributed by atoms with E-state index >= 15 is 0 Å². The number of hydrogen-bond acceptors (Lipinski definition) is 1. The zero-order chi connectivity index (χ0) is 13.5. The van der Waals surface area contributed by atoms with E-state index in [2.05, 4.69) is 17.4 Å². The average Bonchev–Trinajstić information content (AvgIpc) is 2.43. The van der Waals surface area contributed by atoms with Crippen LogP contribution in [0.2, 0.25) is 0 Å². The molecule has 1 aromatic heterocycles. The standard InChI is InChI=1S/C16H18N2O/c1-14-7-5-6-12-18(14)13-16(19)17-11-10-15-8-3-2-4-9-15/h2-9,12H,10-11,13H2,1H3/p+1. The van der Waals surface area contributed by atoms with Crippen molar-refractivity contribution in [2.24, 2.45) is 0 Å². The Labute approximate surface area is 113 Å². The molecular weight excluding hydrogens is 236 g/mol. The number of benzene rings is 1. The summed E-state index contributed by atoms with van der Waals surface area (Å²) in [4.78, 5) is 11.8. The van der Waals surface area contributed by atoms with E-state index in [-0.39, 0.29) is 5.91 Å². The third kappa shape index (κ3) is 4.21. The largest absolute Gasteiger partial charge is 0.350 e. The van der Waals surface area contributed by atoms with Crippen molar-refractivity contribution in [3.05, 3.63) is 66.0 Å². The summed E-state index contributed by atoms with van der Waals surface area (Å²) in [6, 6.07) is 16.1. The van der Waals surface area contributed by atoms with Crippen LogP contribution in [0.5, 0.6) is 0 Å². The molecule has 1 N–H and O–H groups in total. The molecule has 3 nitrogen and oxygen atoms in total. The maximum atomic E-state index is 11.8. The molecular formula is C16H19N2O+. The highest BCUT2D eigenvalue weighted by atomic mass is 16.1. The molecule has 19 heavy (non-hydrogen) atoms. The van der Waals surface area contributed by atoms with Crippen molar-refractivity contribution in [2.75, 3.05) is 6.54 Å². The predicted octanol–water partition coefficient (Wildman–Crippen LogP) is 1.64. The smallest absolute Gasteiger partial charge is 0.286 e. The van der Waals surface area contributed by atoms with Crippen LogP contribution >= 0.6 is 0 Å². The zero-order valence-electron chi connectivity index (χ0n) is 11.2. The summed E-state index contributed by atoms with van der Waals surface area (Å²) in [5.74, 6) is 0.0511. The number of nitrogens with zero attached hydrogens (tertiary/aromatic N) is 1. The summed E-state index contributed by atoms with van der Waals surface area (Å²) >= 11 is 0. The lowest BCUT2D eigenvalue weighted by atomic mass is 10.1. The van der Waals surface area contributed by atoms with Crippen LogP contribution in [0.3, 0.4) is 0 Å². The number of pyridine rings is 1. The summed E-state index contributed by atoms with van der Waals surface area (Å²) in [6.07, 6.45) is 2.79. The molecule has 0 aliphatic rings. The van der Waals surface area contributed by atoms with Crippen LogP contribution < -0.4 is 9.88 Å². The van der Waals surface area contributed by atoms with Gasteiger partial charge in [-0.05, 0) is 12.0 Å². The van der Waals surface area contributed by atoms with Crippen LogP contribution in [0, 0.1) is 6.92 Å². The number of carbonyl (C=O) groups excluding carboxylic acids is 1. The van der Waals surface area contributed by atoms with Gasteiger partial charge in [0.05, 0.1) is 0 Å². The van der Waals surface area contributed by atoms with Crippen LogP contribution in [0.1, 0.15) is 11.3 Å². The molecule has 1 amide bonds. The fraction of sp³-hybridized carbons (Fsp3) is 0.250. The molecule has 0 bridgehead atoms. The molecule has 1 heterocycles. The van der Waals surface area contributed by atoms with Crippen molar-refractivity contribution in [1.82, 2.24) is 5.32 Å². The molecule has 0 saturated heterocycles. The van der Waals surface area contributed by atoms with Gasteiger partial charge in [0.25, 0.3) is 5.91 Å². The Balaban J connectivity index is 1.78. The van der Waals surface area contributed by atoms with Gasteiger partial charge in [-0.15, -0.1) is 0 Å². The highest BCUT2D eigenvalue weighted by Crippen LogP contribution is 1.98. The summed E-state index contributed by atoms with van der Waals surface area (Å²) in [7, 11) is 0. The number of aryl methyl sites for hydroxylation is 1. The first kappa shape index (κ1) is 13.3. The van der Waals surface area contributed by atoms with Crippen LogP contribution in [0.4, 0.5) is 0 Å². The van der Waals surface area contributed by atoms with Crippen LogP contribution in [-0.2, 0) is 17.8 Å². The van der Waals surface area contributed by atoms with Gasteiger partial charge >= 0.3 is 0 Å². The highest BCUT2D eigenvalue weighted by molar-refractivity contribution is 5.74. The van der Waals surface area contributed by atoms with Gasteiger partial charge in [-0.1, -0.05) is 36.4 Å². The predicted molar refractivity (Wildman–Crippen MR) is 74.5 cm³/mol. The second-order valence-electron chi connectivity index (χ2n) is 4.56. The minimum Gasteiger partial charge on any atom is -0.350 e. The Kier molecular flexibility index (Phi) is 4.67. The first-order valence-electron chi connectivity index (χ1n) is 6.51. The molecule has 0 radical (unpaired) electrons. The monoisotopic (exact) mass is 255 g/mol. The van der Waals surface area contributed by atoms with E-state index in [1.807, 2.05) is 54.1 Å². The van der Waals surface area contributed by atoms with E-state index in [1.54, 1.807) is 0 Å². The first-order chi connectivity index (χ1) is 9.25. The van der Waals surface area contributed by atoms with Crippen LogP contribution in [0.25, 0.3) is 0 Å². The van der Waals surface area contributed by atoms with Crippen LogP contribution in [-0.4, -0.2) is 12.5 Å². The van der Waals surface area contributed by atoms with Crippen molar-refractivity contribution in [3.8, 4) is 0 Å². The Morgan fingerprint density at radius 1 is 1.11 bits per heavy atom. The number of amides is 1. The Hall–Kier alpha value is -2.16. The van der Waals surface area contributed by atoms with E-state index < -0.39 is 0 Å². The quantitative estimate of drug-likeness (QED) is 0.810. The second kappa shape index (κ2) is 6.69. The SMILES string of the molecule is Cc1cccc[n+]1CC(=O)NCCc1ccccc1. The molecule has 0 aliphatic heterocycles. The minimum absolute atomic E-state index is 0.0511. The number of aromatic nitrogens is 1. The molecule has 98 valence electrons. The Morgan fingerprint density at radius 2 is 1.84 bits per heavy atom. The van der Waals surface area contributed by atoms with Crippen molar-refractivity contribution in [1.29, 1.82) is 0 Å². The van der Waals surface area contributed by atoms with E-state index in [1.165, 1.54) is 5.56 Å². The fourth-order valence-electron chi connectivity index (χ4n) is 1.94. The molecule has 0 fully saturated rings. The van der Waals surface area contributed by atoms with E-state index in [9.17, 15) is 4.79 Å². The maximum Gasteiger partial charge on any atom is 0.286 e. The van der Waals surface area contributed by atoms with Crippen LogP contribution in [0.15, 0.2) is 54.7 Å². The lowest BCUT2D eigenvalue weighted by Gasteiger charge is -2.04. The molecule has 0 unspecified atom stereocenters. The third-order valence-electron chi connectivity index (χ3n) is 3.06. The van der Waals surface area contributed by atoms with Crippen molar-refractivity contribution < 1.29 is 9.36 Å². The number of nitrogens with one attached hydrogen (secondary N) is 1. The maximum absolute atomic E-state index is 11.8. The molecule has 3 heteroatoms. The zero-order valence-corrected chi connectivity index (χ0v) is 11.2. The van der Waals surface area contributed by atoms with Crippen molar-refractivity contribution in [3.63, 3.8) is 0 Å². The first-order valence-corrected chi connectivity index (χ1v) is 6.51. The molecule has 1 aromatic carbocycles. The van der Waals surface area contributed by atoms with Gasteiger partial charge in [0, 0.05) is 25.6 Å².